The fourth-order valence-electron chi connectivity index (χ4n) is 5.31. The fourth-order valence-corrected chi connectivity index (χ4v) is 6.29. The molecule has 0 radical (unpaired) electrons. The first kappa shape index (κ1) is 26.3. The minimum Gasteiger partial charge on any atom is -0.481 e. The molecular weight excluding hydrogens is 532 g/mol. The van der Waals surface area contributed by atoms with E-state index in [1.165, 1.54) is 11.3 Å². The summed E-state index contributed by atoms with van der Waals surface area (Å²) in [6, 6.07) is 3.74. The highest BCUT2D eigenvalue weighted by Crippen LogP contribution is 2.46. The van der Waals surface area contributed by atoms with Crippen LogP contribution in [0.25, 0.3) is 22.6 Å². The van der Waals surface area contributed by atoms with Gasteiger partial charge in [-0.1, -0.05) is 0 Å². The Morgan fingerprint density at radius 2 is 2.15 bits per heavy atom. The van der Waals surface area contributed by atoms with Gasteiger partial charge in [0.25, 0.3) is 0 Å². The lowest BCUT2D eigenvalue weighted by Crippen LogP contribution is -2.33. The Morgan fingerprint density at radius 3 is 2.90 bits per heavy atom. The van der Waals surface area contributed by atoms with E-state index in [0.717, 1.165) is 31.3 Å². The molecule has 13 heteroatoms. The minimum atomic E-state index is -1.23. The average molecular weight is 563 g/mol. The summed E-state index contributed by atoms with van der Waals surface area (Å²) in [6.45, 7) is 6.32. The summed E-state index contributed by atoms with van der Waals surface area (Å²) in [5, 5.41) is 20.2. The molecular formula is C27H30N8O4S. The van der Waals surface area contributed by atoms with Crippen molar-refractivity contribution in [2.24, 2.45) is 5.41 Å². The molecule has 0 aromatic carbocycles. The minimum absolute atomic E-state index is 0.0574. The lowest BCUT2D eigenvalue weighted by Gasteiger charge is -2.22. The zero-order valence-corrected chi connectivity index (χ0v) is 23.3. The highest BCUT2D eigenvalue weighted by molar-refractivity contribution is 7.10. The first-order chi connectivity index (χ1) is 19.1. The van der Waals surface area contributed by atoms with Crippen molar-refractivity contribution in [1.82, 2.24) is 29.7 Å². The molecule has 0 spiro atoms. The number of hydrogen-bond acceptors (Lipinski definition) is 10. The van der Waals surface area contributed by atoms with Gasteiger partial charge in [-0.3, -0.25) is 9.59 Å². The number of carboxylic acids is 1. The van der Waals surface area contributed by atoms with Crippen molar-refractivity contribution < 1.29 is 19.4 Å². The largest absolute Gasteiger partial charge is 0.481 e. The maximum absolute atomic E-state index is 13.4. The number of carboxylic acid groups (broad SMARTS) is 1. The molecule has 0 bridgehead atoms. The highest BCUT2D eigenvalue weighted by Gasteiger charge is 2.50. The van der Waals surface area contributed by atoms with Crippen LogP contribution in [0.3, 0.4) is 0 Å². The first-order valence-electron chi connectivity index (χ1n) is 13.2. The number of rotatable bonds is 7. The number of nitrogen functional groups attached to an aromatic ring is 1. The summed E-state index contributed by atoms with van der Waals surface area (Å²) in [4.78, 5) is 43.5. The Labute approximate surface area is 234 Å². The van der Waals surface area contributed by atoms with E-state index in [4.69, 9.17) is 20.6 Å². The van der Waals surface area contributed by atoms with Crippen LogP contribution in [0.2, 0.25) is 0 Å². The Bertz CT molecular complexity index is 1640. The Morgan fingerprint density at radius 1 is 1.32 bits per heavy atom. The lowest BCUT2D eigenvalue weighted by atomic mass is 9.85. The monoisotopic (exact) mass is 562 g/mol. The smallest absolute Gasteiger partial charge is 0.309 e. The second kappa shape index (κ2) is 9.59. The van der Waals surface area contributed by atoms with Crippen LogP contribution in [-0.2, 0) is 32.7 Å². The van der Waals surface area contributed by atoms with Gasteiger partial charge >= 0.3 is 5.97 Å². The number of nitrogens with one attached hydrogen (secondary N) is 1. The number of fused-ring (bicyclic) bond motifs is 2. The van der Waals surface area contributed by atoms with E-state index in [2.05, 4.69) is 20.3 Å². The van der Waals surface area contributed by atoms with Gasteiger partial charge in [0.1, 0.15) is 27.8 Å². The number of amides is 1. The molecule has 2 atom stereocenters. The van der Waals surface area contributed by atoms with Crippen molar-refractivity contribution in [3.8, 4) is 11.5 Å². The molecule has 208 valence electrons. The van der Waals surface area contributed by atoms with Crippen LogP contribution in [0.15, 0.2) is 23.7 Å². The number of aliphatic carboxylic acids is 1. The standard InChI is InChI=1S/C27H30N8O4S/c1-26(2,25(37)38)11-14-13-40-24(30-14)27(3)17-19(28)31-21(32-20(17)33-23(27)36)18-16-8-6-9-29-22(16)35(34-18)12-15-7-4-5-10-39-15/h6,8-9,13,15H,4-5,7,10-12H2,1-3H3,(H,37,38)(H3,28,31,32,33,36)/t15?,27-/m0/s1. The van der Waals surface area contributed by atoms with Gasteiger partial charge in [-0.05, 0) is 52.2 Å². The van der Waals surface area contributed by atoms with Crippen LogP contribution < -0.4 is 11.1 Å². The van der Waals surface area contributed by atoms with Crippen LogP contribution in [0.1, 0.15) is 56.3 Å². The van der Waals surface area contributed by atoms with E-state index in [-0.39, 0.29) is 30.1 Å². The number of anilines is 2. The fraction of sp³-hybridized carbons (Fsp3) is 0.444. The summed E-state index contributed by atoms with van der Waals surface area (Å²) >= 11 is 1.28. The molecule has 6 heterocycles. The Hall–Kier alpha value is -3.97. The number of aromatic nitrogens is 6. The van der Waals surface area contributed by atoms with Crippen LogP contribution in [0.4, 0.5) is 11.6 Å². The van der Waals surface area contributed by atoms with Crippen molar-refractivity contribution in [3.05, 3.63) is 40.0 Å². The third-order valence-corrected chi connectivity index (χ3v) is 8.79. The normalized spacial score (nSPS) is 21.0. The van der Waals surface area contributed by atoms with Crippen molar-refractivity contribution in [2.45, 2.75) is 64.5 Å². The van der Waals surface area contributed by atoms with Crippen molar-refractivity contribution in [3.63, 3.8) is 0 Å². The number of thiazole rings is 1. The van der Waals surface area contributed by atoms with Crippen LogP contribution in [-0.4, -0.2) is 59.4 Å². The number of pyridine rings is 1. The van der Waals surface area contributed by atoms with Gasteiger partial charge in [-0.15, -0.1) is 11.3 Å². The molecule has 12 nitrogen and oxygen atoms in total. The number of nitrogens with zero attached hydrogens (tertiary/aromatic N) is 6. The number of ether oxygens (including phenoxy) is 1. The maximum Gasteiger partial charge on any atom is 0.309 e. The van der Waals surface area contributed by atoms with Gasteiger partial charge in [0, 0.05) is 24.6 Å². The second-order valence-corrected chi connectivity index (χ2v) is 12.0. The summed E-state index contributed by atoms with van der Waals surface area (Å²) < 4.78 is 7.75. The molecule has 4 aromatic heterocycles. The zero-order chi connectivity index (χ0) is 28.2. The quantitative estimate of drug-likeness (QED) is 0.303. The molecule has 6 rings (SSSR count). The van der Waals surface area contributed by atoms with E-state index < -0.39 is 16.8 Å². The molecule has 1 amide bonds. The summed E-state index contributed by atoms with van der Waals surface area (Å²) in [5.74, 6) is -0.514. The molecule has 2 aliphatic rings. The van der Waals surface area contributed by atoms with E-state index >= 15 is 0 Å². The molecule has 2 aliphatic heterocycles. The van der Waals surface area contributed by atoms with Crippen molar-refractivity contribution >= 4 is 45.9 Å². The third-order valence-electron chi connectivity index (χ3n) is 7.67. The lowest BCUT2D eigenvalue weighted by molar-refractivity contribution is -0.146. The number of nitrogens with two attached hydrogens (primary N) is 1. The van der Waals surface area contributed by atoms with Gasteiger partial charge in [0.15, 0.2) is 11.5 Å². The average Bonchev–Trinajstić information content (AvgIpc) is 3.60. The summed E-state index contributed by atoms with van der Waals surface area (Å²) in [5.41, 5.74) is 6.55. The second-order valence-electron chi connectivity index (χ2n) is 11.1. The van der Waals surface area contributed by atoms with Crippen LogP contribution in [0.5, 0.6) is 0 Å². The van der Waals surface area contributed by atoms with Gasteiger partial charge in [0.05, 0.1) is 34.7 Å². The van der Waals surface area contributed by atoms with Gasteiger partial charge < -0.3 is 20.9 Å². The topological polar surface area (TPSA) is 171 Å². The number of hydrogen-bond donors (Lipinski definition) is 3. The highest BCUT2D eigenvalue weighted by atomic mass is 32.1. The predicted octanol–water partition coefficient (Wildman–Crippen LogP) is 3.41. The Kier molecular flexibility index (Phi) is 6.30. The summed E-state index contributed by atoms with van der Waals surface area (Å²) in [7, 11) is 0. The Balaban J connectivity index is 1.37. The molecule has 1 saturated heterocycles. The van der Waals surface area contributed by atoms with Crippen molar-refractivity contribution in [1.29, 1.82) is 0 Å². The van der Waals surface area contributed by atoms with Gasteiger partial charge in [0.2, 0.25) is 5.91 Å². The van der Waals surface area contributed by atoms with Crippen LogP contribution in [0, 0.1) is 5.41 Å². The number of carbonyl (C=O) groups excluding carboxylic acids is 1. The van der Waals surface area contributed by atoms with Crippen LogP contribution >= 0.6 is 11.3 Å². The first-order valence-corrected chi connectivity index (χ1v) is 14.1. The van der Waals surface area contributed by atoms with Gasteiger partial charge in [-0.25, -0.2) is 24.6 Å². The molecule has 0 aliphatic carbocycles. The van der Waals surface area contributed by atoms with E-state index in [1.807, 2.05) is 16.8 Å². The number of carbonyl (C=O) groups is 2. The third kappa shape index (κ3) is 4.29. The van der Waals surface area contributed by atoms with E-state index in [1.54, 1.807) is 32.3 Å². The maximum atomic E-state index is 13.4. The SMILES string of the molecule is CC(C)(Cc1csc([C@]2(C)C(=O)Nc3nc(-c4nn(CC5CCCCO5)c5ncccc45)nc(N)c32)n1)C(=O)O. The predicted molar refractivity (Wildman–Crippen MR) is 149 cm³/mol. The zero-order valence-electron chi connectivity index (χ0n) is 22.5. The molecule has 1 fully saturated rings. The molecule has 40 heavy (non-hydrogen) atoms. The summed E-state index contributed by atoms with van der Waals surface area (Å²) in [6.07, 6.45) is 5.14. The molecule has 1 unspecified atom stereocenters. The van der Waals surface area contributed by atoms with E-state index in [0.29, 0.717) is 40.0 Å². The van der Waals surface area contributed by atoms with Crippen molar-refractivity contribution in [2.75, 3.05) is 17.7 Å². The van der Waals surface area contributed by atoms with Gasteiger partial charge in [-0.2, -0.15) is 5.10 Å². The molecule has 4 aromatic rings. The molecule has 4 N–H and O–H groups in total. The molecule has 0 saturated carbocycles. The van der Waals surface area contributed by atoms with E-state index in [9.17, 15) is 14.7 Å².